The minimum absolute atomic E-state index is 0.196. The molecule has 2 amide bonds. The molecular weight excluding hydrogens is 386 g/mol. The summed E-state index contributed by atoms with van der Waals surface area (Å²) in [7, 11) is 0. The van der Waals surface area contributed by atoms with Crippen LogP contribution in [0, 0.1) is 6.92 Å². The van der Waals surface area contributed by atoms with Crippen molar-refractivity contribution in [3.63, 3.8) is 0 Å². The third-order valence-electron chi connectivity index (χ3n) is 4.71. The van der Waals surface area contributed by atoms with Crippen LogP contribution in [0.1, 0.15) is 28.8 Å². The lowest BCUT2D eigenvalue weighted by molar-refractivity contribution is -0.305. The van der Waals surface area contributed by atoms with Crippen LogP contribution in [0.15, 0.2) is 42.5 Å². The Morgan fingerprint density at radius 2 is 1.73 bits per heavy atom. The van der Waals surface area contributed by atoms with E-state index in [-0.39, 0.29) is 18.7 Å². The first-order valence-electron chi connectivity index (χ1n) is 9.77. The van der Waals surface area contributed by atoms with E-state index in [9.17, 15) is 19.5 Å². The molecule has 0 saturated carbocycles. The number of rotatable bonds is 7. The second-order valence-corrected chi connectivity index (χ2v) is 7.08. The number of carboxylic acid groups (broad SMARTS) is 1. The summed E-state index contributed by atoms with van der Waals surface area (Å²) in [5.41, 5.74) is 3.28. The Bertz CT molecular complexity index is 938. The summed E-state index contributed by atoms with van der Waals surface area (Å²) in [6.45, 7) is 4.39. The summed E-state index contributed by atoms with van der Waals surface area (Å²) in [6, 6.07) is 12.6. The van der Waals surface area contributed by atoms with E-state index in [0.29, 0.717) is 43.2 Å². The van der Waals surface area contributed by atoms with Gasteiger partial charge in [0.25, 0.3) is 5.91 Å². The summed E-state index contributed by atoms with van der Waals surface area (Å²) in [5.74, 6) is -2.04. The molecule has 30 heavy (non-hydrogen) atoms. The Morgan fingerprint density at radius 3 is 2.43 bits per heavy atom. The quantitative estimate of drug-likeness (QED) is 0.717. The average Bonchev–Trinajstić information content (AvgIpc) is 2.73. The maximum Gasteiger partial charge on any atom is 0.257 e. The Labute approximate surface area is 174 Å². The molecule has 158 valence electrons. The fourth-order valence-electron chi connectivity index (χ4n) is 3.24. The SMILES string of the molecule is Cc1cccc(NC(=O)c2cc(NC(=O)CCC(=O)[O-])ccc2N2CCOCC2)c1. The second-order valence-electron chi connectivity index (χ2n) is 7.08. The first-order valence-corrected chi connectivity index (χ1v) is 9.77. The van der Waals surface area contributed by atoms with Crippen molar-refractivity contribution in [3.05, 3.63) is 53.6 Å². The van der Waals surface area contributed by atoms with Gasteiger partial charge in [0.1, 0.15) is 0 Å². The van der Waals surface area contributed by atoms with Gasteiger partial charge in [0, 0.05) is 42.5 Å². The van der Waals surface area contributed by atoms with Crippen LogP contribution >= 0.6 is 0 Å². The summed E-state index contributed by atoms with van der Waals surface area (Å²) in [6.07, 6.45) is -0.559. The van der Waals surface area contributed by atoms with E-state index in [1.807, 2.05) is 31.2 Å². The molecule has 0 radical (unpaired) electrons. The van der Waals surface area contributed by atoms with E-state index < -0.39 is 11.9 Å². The van der Waals surface area contributed by atoms with Gasteiger partial charge in [0.05, 0.1) is 18.8 Å². The van der Waals surface area contributed by atoms with Crippen LogP contribution in [-0.2, 0) is 14.3 Å². The highest BCUT2D eigenvalue weighted by Crippen LogP contribution is 2.27. The van der Waals surface area contributed by atoms with E-state index in [4.69, 9.17) is 4.74 Å². The van der Waals surface area contributed by atoms with Gasteiger partial charge in [0.2, 0.25) is 5.91 Å². The summed E-state index contributed by atoms with van der Waals surface area (Å²) < 4.78 is 5.40. The summed E-state index contributed by atoms with van der Waals surface area (Å²) in [4.78, 5) is 37.7. The molecule has 1 aliphatic rings. The highest BCUT2D eigenvalue weighted by atomic mass is 16.5. The number of hydrogen-bond donors (Lipinski definition) is 2. The van der Waals surface area contributed by atoms with Crippen LogP contribution < -0.4 is 20.6 Å². The molecule has 1 heterocycles. The maximum absolute atomic E-state index is 13.1. The fraction of sp³-hybridized carbons (Fsp3) is 0.318. The molecule has 0 aliphatic carbocycles. The number of amides is 2. The van der Waals surface area contributed by atoms with Crippen LogP contribution in [0.25, 0.3) is 0 Å². The lowest BCUT2D eigenvalue weighted by Gasteiger charge is -2.30. The van der Waals surface area contributed by atoms with Crippen molar-refractivity contribution >= 4 is 34.8 Å². The van der Waals surface area contributed by atoms with Crippen molar-refractivity contribution in [2.75, 3.05) is 41.8 Å². The maximum atomic E-state index is 13.1. The highest BCUT2D eigenvalue weighted by molar-refractivity contribution is 6.09. The van der Waals surface area contributed by atoms with Gasteiger partial charge in [-0.2, -0.15) is 0 Å². The number of ether oxygens (including phenoxy) is 1. The highest BCUT2D eigenvalue weighted by Gasteiger charge is 2.20. The number of carbonyl (C=O) groups is 3. The minimum Gasteiger partial charge on any atom is -0.550 e. The number of aliphatic carboxylic acids is 1. The molecule has 3 rings (SSSR count). The van der Waals surface area contributed by atoms with Gasteiger partial charge >= 0.3 is 0 Å². The second kappa shape index (κ2) is 9.89. The lowest BCUT2D eigenvalue weighted by Crippen LogP contribution is -2.37. The molecule has 0 unspecified atom stereocenters. The first kappa shape index (κ1) is 21.3. The van der Waals surface area contributed by atoms with Gasteiger partial charge in [-0.05, 0) is 49.2 Å². The summed E-state index contributed by atoms with van der Waals surface area (Å²) in [5, 5.41) is 16.1. The van der Waals surface area contributed by atoms with Crippen molar-refractivity contribution in [2.24, 2.45) is 0 Å². The van der Waals surface area contributed by atoms with Crippen LogP contribution in [0.2, 0.25) is 0 Å². The number of morpholine rings is 1. The van der Waals surface area contributed by atoms with E-state index in [1.165, 1.54) is 0 Å². The molecule has 1 fully saturated rings. The number of benzene rings is 2. The lowest BCUT2D eigenvalue weighted by atomic mass is 10.1. The molecule has 0 atom stereocenters. The van der Waals surface area contributed by atoms with Crippen molar-refractivity contribution in [2.45, 2.75) is 19.8 Å². The molecule has 1 saturated heterocycles. The Kier molecular flexibility index (Phi) is 7.03. The van der Waals surface area contributed by atoms with Gasteiger partial charge in [-0.1, -0.05) is 12.1 Å². The van der Waals surface area contributed by atoms with Crippen LogP contribution in [-0.4, -0.2) is 44.1 Å². The predicted octanol–water partition coefficient (Wildman–Crippen LogP) is 1.55. The Hall–Kier alpha value is -3.39. The van der Waals surface area contributed by atoms with Gasteiger partial charge in [-0.25, -0.2) is 0 Å². The zero-order chi connectivity index (χ0) is 21.5. The third-order valence-corrected chi connectivity index (χ3v) is 4.71. The molecule has 0 aromatic heterocycles. The van der Waals surface area contributed by atoms with Crippen LogP contribution in [0.5, 0.6) is 0 Å². The molecule has 0 spiro atoms. The largest absolute Gasteiger partial charge is 0.550 e. The van der Waals surface area contributed by atoms with E-state index >= 15 is 0 Å². The summed E-state index contributed by atoms with van der Waals surface area (Å²) >= 11 is 0. The normalized spacial score (nSPS) is 13.6. The molecule has 2 aromatic rings. The van der Waals surface area contributed by atoms with E-state index in [1.54, 1.807) is 18.2 Å². The molecular formula is C22H24N3O5-. The van der Waals surface area contributed by atoms with Gasteiger partial charge in [0.15, 0.2) is 0 Å². The van der Waals surface area contributed by atoms with Gasteiger partial charge < -0.3 is 30.2 Å². The van der Waals surface area contributed by atoms with Gasteiger partial charge in [-0.15, -0.1) is 0 Å². The number of hydrogen-bond acceptors (Lipinski definition) is 6. The number of carbonyl (C=O) groups excluding carboxylic acids is 3. The van der Waals surface area contributed by atoms with E-state index in [0.717, 1.165) is 11.3 Å². The van der Waals surface area contributed by atoms with Crippen molar-refractivity contribution < 1.29 is 24.2 Å². The number of carboxylic acids is 1. The van der Waals surface area contributed by atoms with Crippen molar-refractivity contribution in [3.8, 4) is 0 Å². The topological polar surface area (TPSA) is 111 Å². The fourth-order valence-corrected chi connectivity index (χ4v) is 3.24. The number of nitrogens with one attached hydrogen (secondary N) is 2. The van der Waals surface area contributed by atoms with Crippen molar-refractivity contribution in [1.82, 2.24) is 0 Å². The molecule has 8 heteroatoms. The molecule has 0 bridgehead atoms. The van der Waals surface area contributed by atoms with Crippen molar-refractivity contribution in [1.29, 1.82) is 0 Å². The third kappa shape index (κ3) is 5.81. The smallest absolute Gasteiger partial charge is 0.257 e. The number of aryl methyl sites for hydroxylation is 1. The van der Waals surface area contributed by atoms with Crippen LogP contribution in [0.3, 0.4) is 0 Å². The van der Waals surface area contributed by atoms with E-state index in [2.05, 4.69) is 15.5 Å². The predicted molar refractivity (Wildman–Crippen MR) is 111 cm³/mol. The molecule has 1 aliphatic heterocycles. The molecule has 2 N–H and O–H groups in total. The van der Waals surface area contributed by atoms with Gasteiger partial charge in [-0.3, -0.25) is 9.59 Å². The minimum atomic E-state index is -1.29. The van der Waals surface area contributed by atoms with Crippen LogP contribution in [0.4, 0.5) is 17.1 Å². The first-order chi connectivity index (χ1) is 14.4. The number of nitrogens with zero attached hydrogens (tertiary/aromatic N) is 1. The Morgan fingerprint density at radius 1 is 1.00 bits per heavy atom. The zero-order valence-corrected chi connectivity index (χ0v) is 16.8. The monoisotopic (exact) mass is 410 g/mol. The average molecular weight is 410 g/mol. The number of anilines is 3. The zero-order valence-electron chi connectivity index (χ0n) is 16.8. The molecule has 2 aromatic carbocycles. The molecule has 8 nitrogen and oxygen atoms in total. The standard InChI is InChI=1S/C22H25N3O5/c1-15-3-2-4-16(13-15)24-22(29)18-14-17(23-20(26)7-8-21(27)28)5-6-19(18)25-9-11-30-12-10-25/h2-6,13-14H,7-12H2,1H3,(H,23,26)(H,24,29)(H,27,28)/p-1. The Balaban J connectivity index is 1.84.